The molecule has 0 radical (unpaired) electrons. The summed E-state index contributed by atoms with van der Waals surface area (Å²) in [6, 6.07) is 14.7. The molecule has 24 heavy (non-hydrogen) atoms. The smallest absolute Gasteiger partial charge is 0.255 e. The van der Waals surface area contributed by atoms with Crippen LogP contribution in [0.4, 0.5) is 5.69 Å². The van der Waals surface area contributed by atoms with Gasteiger partial charge in [0.2, 0.25) is 0 Å². The maximum absolute atomic E-state index is 12.4. The van der Waals surface area contributed by atoms with Crippen molar-refractivity contribution in [2.75, 3.05) is 11.9 Å². The first kappa shape index (κ1) is 17.9. The van der Waals surface area contributed by atoms with E-state index in [1.54, 1.807) is 18.2 Å². The third-order valence-electron chi connectivity index (χ3n) is 3.70. The standard InChI is InChI=1S/C19H24N2O2Si/c1-5-20-19(23)16-13-15(11-12-17(16)24(2,3)4)21-18(22)14-9-7-6-8-10-14/h6-13H,5H2,1-4H3,(H,20,23)(H,21,22). The average Bonchev–Trinajstić information content (AvgIpc) is 2.54. The molecule has 2 N–H and O–H groups in total. The van der Waals surface area contributed by atoms with E-state index in [1.807, 2.05) is 37.3 Å². The number of amides is 2. The van der Waals surface area contributed by atoms with Gasteiger partial charge in [-0.05, 0) is 36.4 Å². The minimum Gasteiger partial charge on any atom is -0.352 e. The van der Waals surface area contributed by atoms with Crippen molar-refractivity contribution in [3.63, 3.8) is 0 Å². The number of hydrogen-bond donors (Lipinski definition) is 2. The second-order valence-electron chi connectivity index (χ2n) is 6.69. The van der Waals surface area contributed by atoms with E-state index >= 15 is 0 Å². The van der Waals surface area contributed by atoms with Crippen LogP contribution in [0.15, 0.2) is 48.5 Å². The number of benzene rings is 2. The third kappa shape index (κ3) is 4.32. The molecule has 2 aromatic rings. The Labute approximate surface area is 144 Å². The summed E-state index contributed by atoms with van der Waals surface area (Å²) in [4.78, 5) is 24.7. The molecule has 0 unspecified atom stereocenters. The summed E-state index contributed by atoms with van der Waals surface area (Å²) < 4.78 is 0. The van der Waals surface area contributed by atoms with Gasteiger partial charge in [0.05, 0.1) is 8.07 Å². The van der Waals surface area contributed by atoms with Crippen molar-refractivity contribution in [1.29, 1.82) is 0 Å². The van der Waals surface area contributed by atoms with Gasteiger partial charge in [0, 0.05) is 23.4 Å². The molecule has 0 saturated carbocycles. The zero-order chi connectivity index (χ0) is 17.7. The lowest BCUT2D eigenvalue weighted by Crippen LogP contribution is -2.43. The van der Waals surface area contributed by atoms with Crippen molar-refractivity contribution in [2.24, 2.45) is 0 Å². The molecule has 0 aliphatic rings. The lowest BCUT2D eigenvalue weighted by molar-refractivity contribution is 0.0955. The molecule has 0 spiro atoms. The van der Waals surface area contributed by atoms with Crippen LogP contribution < -0.4 is 15.8 Å². The van der Waals surface area contributed by atoms with Crippen molar-refractivity contribution >= 4 is 30.8 Å². The fourth-order valence-electron chi connectivity index (χ4n) is 2.51. The Morgan fingerprint density at radius 1 is 0.958 bits per heavy atom. The Bertz CT molecular complexity index is 737. The topological polar surface area (TPSA) is 58.2 Å². The molecule has 0 saturated heterocycles. The van der Waals surface area contributed by atoms with E-state index in [1.165, 1.54) is 0 Å². The highest BCUT2D eigenvalue weighted by Gasteiger charge is 2.23. The van der Waals surface area contributed by atoms with Crippen molar-refractivity contribution in [3.05, 3.63) is 59.7 Å². The maximum Gasteiger partial charge on any atom is 0.255 e. The van der Waals surface area contributed by atoms with E-state index < -0.39 is 8.07 Å². The van der Waals surface area contributed by atoms with E-state index in [2.05, 4.69) is 30.3 Å². The maximum atomic E-state index is 12.4. The Hall–Kier alpha value is -2.40. The zero-order valence-corrected chi connectivity index (χ0v) is 15.6. The SMILES string of the molecule is CCNC(=O)c1cc(NC(=O)c2ccccc2)ccc1[Si](C)(C)C. The van der Waals surface area contributed by atoms with E-state index in [4.69, 9.17) is 0 Å². The van der Waals surface area contributed by atoms with Gasteiger partial charge in [-0.15, -0.1) is 0 Å². The van der Waals surface area contributed by atoms with Gasteiger partial charge in [-0.25, -0.2) is 0 Å². The molecule has 2 amide bonds. The zero-order valence-electron chi connectivity index (χ0n) is 14.6. The summed E-state index contributed by atoms with van der Waals surface area (Å²) in [5, 5.41) is 6.82. The van der Waals surface area contributed by atoms with Crippen molar-refractivity contribution < 1.29 is 9.59 Å². The normalized spacial score (nSPS) is 11.0. The Morgan fingerprint density at radius 2 is 1.62 bits per heavy atom. The molecular formula is C19H24N2O2Si. The summed E-state index contributed by atoms with van der Waals surface area (Å²) in [5.74, 6) is -0.274. The predicted molar refractivity (Wildman–Crippen MR) is 102 cm³/mol. The number of hydrogen-bond acceptors (Lipinski definition) is 2. The quantitative estimate of drug-likeness (QED) is 0.821. The van der Waals surface area contributed by atoms with Gasteiger partial charge in [-0.3, -0.25) is 9.59 Å². The second-order valence-corrected chi connectivity index (χ2v) is 11.7. The van der Waals surface area contributed by atoms with Gasteiger partial charge in [0.1, 0.15) is 0 Å². The lowest BCUT2D eigenvalue weighted by Gasteiger charge is -2.21. The first-order valence-corrected chi connectivity index (χ1v) is 11.6. The van der Waals surface area contributed by atoms with E-state index in [0.29, 0.717) is 23.4 Å². The van der Waals surface area contributed by atoms with Crippen LogP contribution in [-0.2, 0) is 0 Å². The number of carbonyl (C=O) groups excluding carboxylic acids is 2. The van der Waals surface area contributed by atoms with Crippen LogP contribution in [0, 0.1) is 0 Å². The van der Waals surface area contributed by atoms with Crippen molar-refractivity contribution in [3.8, 4) is 0 Å². The Balaban J connectivity index is 2.34. The minimum atomic E-state index is -1.67. The molecule has 0 heterocycles. The highest BCUT2D eigenvalue weighted by atomic mass is 28.3. The summed E-state index contributed by atoms with van der Waals surface area (Å²) >= 11 is 0. The molecule has 2 aromatic carbocycles. The van der Waals surface area contributed by atoms with Gasteiger partial charge in [0.25, 0.3) is 11.8 Å². The van der Waals surface area contributed by atoms with Crippen LogP contribution in [-0.4, -0.2) is 26.4 Å². The third-order valence-corrected chi connectivity index (χ3v) is 5.76. The fourth-order valence-corrected chi connectivity index (χ4v) is 4.09. The van der Waals surface area contributed by atoms with E-state index in [0.717, 1.165) is 5.19 Å². The number of rotatable bonds is 5. The molecule has 0 aromatic heterocycles. The monoisotopic (exact) mass is 340 g/mol. The molecule has 0 bridgehead atoms. The molecule has 126 valence electrons. The molecule has 4 nitrogen and oxygen atoms in total. The molecule has 0 atom stereocenters. The van der Waals surface area contributed by atoms with E-state index in [9.17, 15) is 9.59 Å². The van der Waals surface area contributed by atoms with Crippen LogP contribution in [0.25, 0.3) is 0 Å². The van der Waals surface area contributed by atoms with Crippen molar-refractivity contribution in [2.45, 2.75) is 26.6 Å². The lowest BCUT2D eigenvalue weighted by atomic mass is 10.1. The van der Waals surface area contributed by atoms with Crippen molar-refractivity contribution in [1.82, 2.24) is 5.32 Å². The van der Waals surface area contributed by atoms with Gasteiger partial charge in [0.15, 0.2) is 0 Å². The van der Waals surface area contributed by atoms with Crippen LogP contribution in [0.5, 0.6) is 0 Å². The number of nitrogens with one attached hydrogen (secondary N) is 2. The summed E-state index contributed by atoms with van der Waals surface area (Å²) in [7, 11) is -1.67. The van der Waals surface area contributed by atoms with Gasteiger partial charge in [-0.1, -0.05) is 43.9 Å². The molecule has 0 fully saturated rings. The Morgan fingerprint density at radius 3 is 2.21 bits per heavy atom. The first-order chi connectivity index (χ1) is 11.3. The largest absolute Gasteiger partial charge is 0.352 e. The summed E-state index contributed by atoms with van der Waals surface area (Å²) in [5.41, 5.74) is 1.88. The highest BCUT2D eigenvalue weighted by molar-refractivity contribution is 6.89. The molecular weight excluding hydrogens is 316 g/mol. The number of anilines is 1. The molecule has 0 aliphatic heterocycles. The van der Waals surface area contributed by atoms with Crippen LogP contribution in [0.2, 0.25) is 19.6 Å². The fraction of sp³-hybridized carbons (Fsp3) is 0.263. The molecule has 5 heteroatoms. The van der Waals surface area contributed by atoms with E-state index in [-0.39, 0.29) is 11.8 Å². The predicted octanol–water partition coefficient (Wildman–Crippen LogP) is 3.23. The average molecular weight is 340 g/mol. The second kappa shape index (κ2) is 7.44. The minimum absolute atomic E-state index is 0.0919. The van der Waals surface area contributed by atoms with Crippen LogP contribution in [0.3, 0.4) is 0 Å². The summed E-state index contributed by atoms with van der Waals surface area (Å²) in [6.07, 6.45) is 0. The number of carbonyl (C=O) groups is 2. The highest BCUT2D eigenvalue weighted by Crippen LogP contribution is 2.15. The molecule has 0 aliphatic carbocycles. The first-order valence-electron chi connectivity index (χ1n) is 8.12. The van der Waals surface area contributed by atoms with Gasteiger partial charge in [-0.2, -0.15) is 0 Å². The van der Waals surface area contributed by atoms with Crippen LogP contribution >= 0.6 is 0 Å². The van der Waals surface area contributed by atoms with Gasteiger partial charge < -0.3 is 10.6 Å². The molecule has 2 rings (SSSR count). The Kier molecular flexibility index (Phi) is 5.57. The van der Waals surface area contributed by atoms with Gasteiger partial charge >= 0.3 is 0 Å². The van der Waals surface area contributed by atoms with Crippen LogP contribution in [0.1, 0.15) is 27.6 Å². The summed E-state index contributed by atoms with van der Waals surface area (Å²) in [6.45, 7) is 9.07.